The Hall–Kier alpha value is -1.94. The number of amides is 1. The molecule has 0 spiro atoms. The summed E-state index contributed by atoms with van der Waals surface area (Å²) < 4.78 is 6.14. The topological polar surface area (TPSA) is 48.4 Å². The second-order valence-corrected chi connectivity index (χ2v) is 10.2. The van der Waals surface area contributed by atoms with Crippen LogP contribution in [-0.4, -0.2) is 72.0 Å². The third-order valence-electron chi connectivity index (χ3n) is 5.35. The molecule has 6 nitrogen and oxygen atoms in total. The van der Waals surface area contributed by atoms with E-state index in [1.807, 2.05) is 25.5 Å². The molecule has 4 rings (SSSR count). The van der Waals surface area contributed by atoms with E-state index in [4.69, 9.17) is 22.1 Å². The standard InChI is InChI=1S/C22H26N4O2S3/c1-24(2)17-7-5-16(6-8-17)19-14-18(20-4-3-13-30-20)23-26(19)21(27)15-31-22(29)25-9-11-28-12-10-25/h3-8,13,19H,9-12,14-15H2,1-2H3. The Kier molecular flexibility index (Phi) is 7.27. The lowest BCUT2D eigenvalue weighted by Gasteiger charge is -2.29. The Labute approximate surface area is 196 Å². The van der Waals surface area contributed by atoms with Crippen LogP contribution in [0.2, 0.25) is 0 Å². The van der Waals surface area contributed by atoms with Crippen LogP contribution in [0, 0.1) is 0 Å². The zero-order valence-electron chi connectivity index (χ0n) is 17.7. The molecule has 1 saturated heterocycles. The van der Waals surface area contributed by atoms with Gasteiger partial charge in [-0.25, -0.2) is 5.01 Å². The number of thiocarbonyl (C=S) groups is 1. The van der Waals surface area contributed by atoms with Gasteiger partial charge in [0.25, 0.3) is 5.91 Å². The molecule has 3 heterocycles. The third-order valence-corrected chi connectivity index (χ3v) is 7.78. The van der Waals surface area contributed by atoms with E-state index in [2.05, 4.69) is 40.1 Å². The summed E-state index contributed by atoms with van der Waals surface area (Å²) in [4.78, 5) is 18.5. The average Bonchev–Trinajstić information content (AvgIpc) is 3.48. The van der Waals surface area contributed by atoms with Crippen molar-refractivity contribution in [2.45, 2.75) is 12.5 Å². The fraction of sp³-hybridized carbons (Fsp3) is 0.409. The maximum absolute atomic E-state index is 13.2. The molecular formula is C22H26N4O2S3. The Bertz CT molecular complexity index is 938. The van der Waals surface area contributed by atoms with E-state index < -0.39 is 0 Å². The molecule has 9 heteroatoms. The second kappa shape index (κ2) is 10.1. The molecule has 0 saturated carbocycles. The molecule has 1 fully saturated rings. The number of thiophene rings is 1. The molecule has 2 aliphatic heterocycles. The molecule has 0 N–H and O–H groups in total. The van der Waals surface area contributed by atoms with E-state index in [1.54, 1.807) is 16.3 Å². The summed E-state index contributed by atoms with van der Waals surface area (Å²) in [6.45, 7) is 2.93. The Morgan fingerprint density at radius 3 is 2.65 bits per heavy atom. The number of ether oxygens (including phenoxy) is 1. The van der Waals surface area contributed by atoms with Crippen molar-refractivity contribution in [3.63, 3.8) is 0 Å². The SMILES string of the molecule is CN(C)c1ccc(C2CC(c3cccs3)=NN2C(=O)CSC(=S)N2CCOCC2)cc1. The van der Waals surface area contributed by atoms with Crippen molar-refractivity contribution in [3.8, 4) is 0 Å². The van der Waals surface area contributed by atoms with Gasteiger partial charge in [0.1, 0.15) is 4.32 Å². The number of benzene rings is 1. The molecule has 0 radical (unpaired) electrons. The van der Waals surface area contributed by atoms with Gasteiger partial charge in [0.05, 0.1) is 35.6 Å². The first kappa shape index (κ1) is 22.3. The van der Waals surface area contributed by atoms with Crippen molar-refractivity contribution in [1.82, 2.24) is 9.91 Å². The number of morpholine rings is 1. The van der Waals surface area contributed by atoms with E-state index in [-0.39, 0.29) is 17.7 Å². The minimum absolute atomic E-state index is 0.0196. The van der Waals surface area contributed by atoms with Gasteiger partial charge in [-0.15, -0.1) is 11.3 Å². The second-order valence-electron chi connectivity index (χ2n) is 7.62. The Morgan fingerprint density at radius 1 is 1.26 bits per heavy atom. The number of thioether (sulfide) groups is 1. The molecule has 1 atom stereocenters. The molecule has 164 valence electrons. The molecule has 0 aliphatic carbocycles. The van der Waals surface area contributed by atoms with Crippen LogP contribution in [0.5, 0.6) is 0 Å². The van der Waals surface area contributed by atoms with Crippen molar-refractivity contribution in [2.75, 3.05) is 51.1 Å². The number of anilines is 1. The number of nitrogens with zero attached hydrogens (tertiary/aromatic N) is 4. The molecule has 0 bridgehead atoms. The smallest absolute Gasteiger partial charge is 0.253 e. The number of carbonyl (C=O) groups is 1. The van der Waals surface area contributed by atoms with Crippen LogP contribution < -0.4 is 4.90 Å². The minimum atomic E-state index is -0.0987. The highest BCUT2D eigenvalue weighted by molar-refractivity contribution is 8.23. The number of hydrazone groups is 1. The van der Waals surface area contributed by atoms with Crippen LogP contribution in [-0.2, 0) is 9.53 Å². The monoisotopic (exact) mass is 474 g/mol. The first-order valence-corrected chi connectivity index (χ1v) is 12.5. The highest BCUT2D eigenvalue weighted by atomic mass is 32.2. The van der Waals surface area contributed by atoms with E-state index in [0.29, 0.717) is 19.6 Å². The summed E-state index contributed by atoms with van der Waals surface area (Å²) in [5.74, 6) is 0.262. The van der Waals surface area contributed by atoms with E-state index in [1.165, 1.54) is 11.8 Å². The lowest BCUT2D eigenvalue weighted by atomic mass is 10.0. The van der Waals surface area contributed by atoms with Crippen LogP contribution in [0.15, 0.2) is 46.9 Å². The van der Waals surface area contributed by atoms with Crippen molar-refractivity contribution >= 4 is 56.9 Å². The van der Waals surface area contributed by atoms with Gasteiger partial charge in [-0.1, -0.05) is 42.2 Å². The Balaban J connectivity index is 1.49. The van der Waals surface area contributed by atoms with Gasteiger partial charge in [0.2, 0.25) is 0 Å². The summed E-state index contributed by atoms with van der Waals surface area (Å²) in [7, 11) is 4.04. The molecule has 2 aromatic rings. The van der Waals surface area contributed by atoms with E-state index >= 15 is 0 Å². The molecule has 1 amide bonds. The summed E-state index contributed by atoms with van der Waals surface area (Å²) in [5.41, 5.74) is 3.19. The molecule has 1 aromatic carbocycles. The van der Waals surface area contributed by atoms with Gasteiger partial charge in [0.15, 0.2) is 0 Å². The average molecular weight is 475 g/mol. The van der Waals surface area contributed by atoms with E-state index in [0.717, 1.165) is 39.2 Å². The zero-order valence-corrected chi connectivity index (χ0v) is 20.1. The lowest BCUT2D eigenvalue weighted by Crippen LogP contribution is -2.39. The fourth-order valence-corrected chi connectivity index (χ4v) is 5.44. The lowest BCUT2D eigenvalue weighted by molar-refractivity contribution is -0.130. The van der Waals surface area contributed by atoms with Crippen molar-refractivity contribution in [2.24, 2.45) is 5.10 Å². The van der Waals surface area contributed by atoms with Gasteiger partial charge < -0.3 is 14.5 Å². The molecule has 1 aromatic heterocycles. The number of hydrogen-bond acceptors (Lipinski definition) is 7. The number of hydrogen-bond donors (Lipinski definition) is 0. The van der Waals surface area contributed by atoms with Gasteiger partial charge in [0, 0.05) is 39.3 Å². The summed E-state index contributed by atoms with van der Waals surface area (Å²) >= 11 is 8.61. The maximum Gasteiger partial charge on any atom is 0.253 e. The van der Waals surface area contributed by atoms with Gasteiger partial charge in [-0.2, -0.15) is 5.10 Å². The number of rotatable bonds is 5. The third kappa shape index (κ3) is 5.28. The normalized spacial score (nSPS) is 18.8. The molecule has 2 aliphatic rings. The largest absolute Gasteiger partial charge is 0.378 e. The maximum atomic E-state index is 13.2. The summed E-state index contributed by atoms with van der Waals surface area (Å²) in [6.07, 6.45) is 0.714. The van der Waals surface area contributed by atoms with Crippen LogP contribution in [0.25, 0.3) is 0 Å². The number of carbonyl (C=O) groups excluding carboxylic acids is 1. The summed E-state index contributed by atoms with van der Waals surface area (Å²) in [6, 6.07) is 12.3. The highest BCUT2D eigenvalue weighted by Crippen LogP contribution is 2.35. The summed E-state index contributed by atoms with van der Waals surface area (Å²) in [5, 5.41) is 8.45. The predicted molar refractivity (Wildman–Crippen MR) is 133 cm³/mol. The molecule has 31 heavy (non-hydrogen) atoms. The van der Waals surface area contributed by atoms with Crippen LogP contribution in [0.3, 0.4) is 0 Å². The van der Waals surface area contributed by atoms with Crippen LogP contribution in [0.4, 0.5) is 5.69 Å². The van der Waals surface area contributed by atoms with Crippen molar-refractivity contribution in [3.05, 3.63) is 52.2 Å². The first-order valence-electron chi connectivity index (χ1n) is 10.2. The minimum Gasteiger partial charge on any atom is -0.378 e. The van der Waals surface area contributed by atoms with Gasteiger partial charge in [-0.05, 0) is 29.1 Å². The van der Waals surface area contributed by atoms with Gasteiger partial charge in [-0.3, -0.25) is 4.79 Å². The highest BCUT2D eigenvalue weighted by Gasteiger charge is 2.33. The zero-order chi connectivity index (χ0) is 21.8. The predicted octanol–water partition coefficient (Wildman–Crippen LogP) is 3.84. The Morgan fingerprint density at radius 2 is 2.00 bits per heavy atom. The van der Waals surface area contributed by atoms with Crippen molar-refractivity contribution < 1.29 is 9.53 Å². The quantitative estimate of drug-likeness (QED) is 0.614. The van der Waals surface area contributed by atoms with Crippen LogP contribution in [0.1, 0.15) is 22.9 Å². The first-order chi connectivity index (χ1) is 15.0. The fourth-order valence-electron chi connectivity index (χ4n) is 3.61. The van der Waals surface area contributed by atoms with Crippen molar-refractivity contribution in [1.29, 1.82) is 0 Å². The van der Waals surface area contributed by atoms with E-state index in [9.17, 15) is 4.79 Å². The van der Waals surface area contributed by atoms with Gasteiger partial charge >= 0.3 is 0 Å². The molecule has 1 unspecified atom stereocenters. The molecular weight excluding hydrogens is 448 g/mol. The van der Waals surface area contributed by atoms with Crippen LogP contribution >= 0.6 is 35.3 Å².